The van der Waals surface area contributed by atoms with Crippen LogP contribution in [0, 0.1) is 11.3 Å². The minimum absolute atomic E-state index is 0.344. The summed E-state index contributed by atoms with van der Waals surface area (Å²) in [6, 6.07) is 10.8. The molecule has 80 valence electrons. The lowest BCUT2D eigenvalue weighted by Crippen LogP contribution is -2.19. The van der Waals surface area contributed by atoms with E-state index in [9.17, 15) is 0 Å². The number of nitriles is 1. The van der Waals surface area contributed by atoms with Gasteiger partial charge in [-0.1, -0.05) is 28.1 Å². The van der Waals surface area contributed by atoms with Gasteiger partial charge in [-0.05, 0) is 37.6 Å². The molecule has 1 atom stereocenters. The molecule has 0 aliphatic rings. The van der Waals surface area contributed by atoms with Gasteiger partial charge in [-0.15, -0.1) is 0 Å². The summed E-state index contributed by atoms with van der Waals surface area (Å²) in [5.41, 5.74) is 1.27. The third-order valence-corrected chi connectivity index (χ3v) is 2.81. The minimum atomic E-state index is 0.344. The van der Waals surface area contributed by atoms with Crippen molar-refractivity contribution in [3.8, 4) is 6.07 Å². The van der Waals surface area contributed by atoms with Gasteiger partial charge in [0.25, 0.3) is 0 Å². The Morgan fingerprint density at radius 1 is 1.40 bits per heavy atom. The van der Waals surface area contributed by atoms with Gasteiger partial charge in [-0.3, -0.25) is 0 Å². The van der Waals surface area contributed by atoms with Crippen molar-refractivity contribution in [2.75, 3.05) is 6.54 Å². The van der Waals surface area contributed by atoms with Gasteiger partial charge in [-0.25, -0.2) is 0 Å². The van der Waals surface area contributed by atoms with Gasteiger partial charge >= 0.3 is 0 Å². The van der Waals surface area contributed by atoms with Crippen LogP contribution in [0.2, 0.25) is 0 Å². The van der Waals surface area contributed by atoms with Crippen LogP contribution in [0.15, 0.2) is 28.7 Å². The number of nitrogens with one attached hydrogen (secondary N) is 1. The molecular weight excluding hydrogens is 252 g/mol. The molecule has 3 heteroatoms. The molecular formula is C12H15BrN2. The quantitative estimate of drug-likeness (QED) is 0.830. The average molecular weight is 267 g/mol. The van der Waals surface area contributed by atoms with Gasteiger partial charge in [0.15, 0.2) is 0 Å². The Labute approximate surface area is 99.4 Å². The van der Waals surface area contributed by atoms with Gasteiger partial charge in [0, 0.05) is 16.9 Å². The lowest BCUT2D eigenvalue weighted by molar-refractivity contribution is 0.562. The number of benzene rings is 1. The Morgan fingerprint density at radius 3 is 2.67 bits per heavy atom. The zero-order valence-electron chi connectivity index (χ0n) is 8.83. The van der Waals surface area contributed by atoms with Gasteiger partial charge in [-0.2, -0.15) is 5.26 Å². The molecule has 0 saturated heterocycles. The van der Waals surface area contributed by atoms with Crippen molar-refractivity contribution in [1.82, 2.24) is 5.32 Å². The molecule has 0 fully saturated rings. The Balaban J connectivity index is 2.37. The SMILES string of the molecule is C[C@H](NCCCC#N)c1ccc(Br)cc1. The van der Waals surface area contributed by atoms with Gasteiger partial charge in [0.2, 0.25) is 0 Å². The fraction of sp³-hybridized carbons (Fsp3) is 0.417. The lowest BCUT2D eigenvalue weighted by Gasteiger charge is -2.13. The predicted octanol–water partition coefficient (Wildman–Crippen LogP) is 3.40. The highest BCUT2D eigenvalue weighted by atomic mass is 79.9. The monoisotopic (exact) mass is 266 g/mol. The van der Waals surface area contributed by atoms with E-state index in [0.717, 1.165) is 17.4 Å². The van der Waals surface area contributed by atoms with Crippen molar-refractivity contribution in [3.63, 3.8) is 0 Å². The number of hydrogen-bond donors (Lipinski definition) is 1. The highest BCUT2D eigenvalue weighted by molar-refractivity contribution is 9.10. The van der Waals surface area contributed by atoms with E-state index in [-0.39, 0.29) is 0 Å². The number of unbranched alkanes of at least 4 members (excludes halogenated alkanes) is 1. The maximum Gasteiger partial charge on any atom is 0.0622 e. The zero-order valence-corrected chi connectivity index (χ0v) is 10.4. The Kier molecular flexibility index (Phi) is 5.38. The summed E-state index contributed by atoms with van der Waals surface area (Å²) in [5, 5.41) is 11.8. The Morgan fingerprint density at radius 2 is 2.07 bits per heavy atom. The lowest BCUT2D eigenvalue weighted by atomic mass is 10.1. The predicted molar refractivity (Wildman–Crippen MR) is 65.4 cm³/mol. The second-order valence-electron chi connectivity index (χ2n) is 3.49. The summed E-state index contributed by atoms with van der Waals surface area (Å²) >= 11 is 3.41. The number of rotatable bonds is 5. The van der Waals surface area contributed by atoms with E-state index >= 15 is 0 Å². The molecule has 0 aromatic heterocycles. The van der Waals surface area contributed by atoms with Crippen molar-refractivity contribution >= 4 is 15.9 Å². The molecule has 0 bridgehead atoms. The third-order valence-electron chi connectivity index (χ3n) is 2.29. The summed E-state index contributed by atoms with van der Waals surface area (Å²) in [6.45, 7) is 3.03. The fourth-order valence-corrected chi connectivity index (χ4v) is 1.62. The van der Waals surface area contributed by atoms with Crippen molar-refractivity contribution in [3.05, 3.63) is 34.3 Å². The molecule has 1 rings (SSSR count). The van der Waals surface area contributed by atoms with E-state index in [1.807, 2.05) is 12.1 Å². The van der Waals surface area contributed by atoms with Crippen LogP contribution in [-0.4, -0.2) is 6.54 Å². The summed E-state index contributed by atoms with van der Waals surface area (Å²) < 4.78 is 1.10. The van der Waals surface area contributed by atoms with Crippen LogP contribution in [0.1, 0.15) is 31.4 Å². The van der Waals surface area contributed by atoms with E-state index in [2.05, 4.69) is 46.4 Å². The third kappa shape index (κ3) is 4.46. The molecule has 0 radical (unpaired) electrons. The van der Waals surface area contributed by atoms with Crippen molar-refractivity contribution < 1.29 is 0 Å². The van der Waals surface area contributed by atoms with Gasteiger partial charge in [0.05, 0.1) is 6.07 Å². The maximum absolute atomic E-state index is 8.40. The van der Waals surface area contributed by atoms with Gasteiger partial charge < -0.3 is 5.32 Å². The van der Waals surface area contributed by atoms with Gasteiger partial charge in [0.1, 0.15) is 0 Å². The molecule has 2 nitrogen and oxygen atoms in total. The standard InChI is InChI=1S/C12H15BrN2/c1-10(15-9-3-2-8-14)11-4-6-12(13)7-5-11/h4-7,10,15H,2-3,9H2,1H3/t10-/m0/s1. The zero-order chi connectivity index (χ0) is 11.1. The molecule has 0 aliphatic carbocycles. The topological polar surface area (TPSA) is 35.8 Å². The number of halogens is 1. The van der Waals surface area contributed by atoms with Crippen LogP contribution in [0.25, 0.3) is 0 Å². The maximum atomic E-state index is 8.40. The van der Waals surface area contributed by atoms with Crippen LogP contribution in [0.4, 0.5) is 0 Å². The molecule has 1 aromatic carbocycles. The molecule has 15 heavy (non-hydrogen) atoms. The van der Waals surface area contributed by atoms with Crippen LogP contribution >= 0.6 is 15.9 Å². The second kappa shape index (κ2) is 6.60. The number of hydrogen-bond acceptors (Lipinski definition) is 2. The van der Waals surface area contributed by atoms with E-state index in [1.54, 1.807) is 0 Å². The molecule has 0 aliphatic heterocycles. The minimum Gasteiger partial charge on any atom is -0.310 e. The van der Waals surface area contributed by atoms with Crippen LogP contribution in [0.5, 0.6) is 0 Å². The highest BCUT2D eigenvalue weighted by Gasteiger charge is 2.03. The first-order valence-electron chi connectivity index (χ1n) is 5.10. The molecule has 0 spiro atoms. The Hall–Kier alpha value is -0.850. The molecule has 1 aromatic rings. The van der Waals surface area contributed by atoms with Crippen LogP contribution in [-0.2, 0) is 0 Å². The fourth-order valence-electron chi connectivity index (χ4n) is 1.36. The van der Waals surface area contributed by atoms with Crippen molar-refractivity contribution in [2.24, 2.45) is 0 Å². The summed E-state index contributed by atoms with van der Waals surface area (Å²) in [6.07, 6.45) is 1.54. The van der Waals surface area contributed by atoms with Crippen molar-refractivity contribution in [2.45, 2.75) is 25.8 Å². The molecule has 0 unspecified atom stereocenters. The van der Waals surface area contributed by atoms with E-state index in [0.29, 0.717) is 12.5 Å². The molecule has 0 heterocycles. The first-order valence-corrected chi connectivity index (χ1v) is 5.89. The molecule has 0 saturated carbocycles. The average Bonchev–Trinajstić information content (AvgIpc) is 2.25. The van der Waals surface area contributed by atoms with E-state index < -0.39 is 0 Å². The first kappa shape index (κ1) is 12.2. The summed E-state index contributed by atoms with van der Waals surface area (Å²) in [4.78, 5) is 0. The largest absolute Gasteiger partial charge is 0.310 e. The van der Waals surface area contributed by atoms with E-state index in [1.165, 1.54) is 5.56 Å². The normalized spacial score (nSPS) is 12.1. The molecule has 1 N–H and O–H groups in total. The van der Waals surface area contributed by atoms with Crippen LogP contribution < -0.4 is 5.32 Å². The highest BCUT2D eigenvalue weighted by Crippen LogP contribution is 2.16. The molecule has 0 amide bonds. The van der Waals surface area contributed by atoms with Crippen LogP contribution in [0.3, 0.4) is 0 Å². The van der Waals surface area contributed by atoms with Crippen molar-refractivity contribution in [1.29, 1.82) is 5.26 Å². The first-order chi connectivity index (χ1) is 7.24. The Bertz CT molecular complexity index is 326. The van der Waals surface area contributed by atoms with E-state index in [4.69, 9.17) is 5.26 Å². The summed E-state index contributed by atoms with van der Waals surface area (Å²) in [7, 11) is 0. The summed E-state index contributed by atoms with van der Waals surface area (Å²) in [5.74, 6) is 0. The number of nitrogens with zero attached hydrogens (tertiary/aromatic N) is 1. The smallest absolute Gasteiger partial charge is 0.0622 e. The second-order valence-corrected chi connectivity index (χ2v) is 4.40.